The van der Waals surface area contributed by atoms with E-state index >= 15 is 0 Å². The van der Waals surface area contributed by atoms with Crippen LogP contribution in [0.2, 0.25) is 0 Å². The van der Waals surface area contributed by atoms with Crippen LogP contribution in [0.25, 0.3) is 77.5 Å². The van der Waals surface area contributed by atoms with E-state index in [1.54, 1.807) is 0 Å². The summed E-state index contributed by atoms with van der Waals surface area (Å²) in [5.74, 6) is 0. The molecule has 1 heteroatoms. The molecule has 6 bridgehead atoms. The molecule has 0 amide bonds. The number of hydrogen-bond acceptors (Lipinski definition) is 1. The van der Waals surface area contributed by atoms with Crippen LogP contribution in [0.5, 0.6) is 0 Å². The smallest absolute Gasteiger partial charge is 0.0540 e. The van der Waals surface area contributed by atoms with Crippen molar-refractivity contribution in [3.63, 3.8) is 0 Å². The van der Waals surface area contributed by atoms with E-state index in [1.807, 2.05) is 0 Å². The van der Waals surface area contributed by atoms with Crippen molar-refractivity contribution in [2.45, 2.75) is 0 Å². The SMILES string of the molecule is c1ccc(-c2ccccc2N(c2ccc3c(c2)-c2c4cccc2-c2cccc-3c2-c2ccccc2-4)c2cccc3ccccc23)cc1. The van der Waals surface area contributed by atoms with Gasteiger partial charge in [0, 0.05) is 16.6 Å². The van der Waals surface area contributed by atoms with Crippen LogP contribution >= 0.6 is 0 Å². The molecule has 0 radical (unpaired) electrons. The van der Waals surface area contributed by atoms with E-state index in [1.165, 1.54) is 77.5 Å². The molecule has 0 heterocycles. The molecule has 0 N–H and O–H groups in total. The summed E-state index contributed by atoms with van der Waals surface area (Å²) in [6.07, 6.45) is 0. The van der Waals surface area contributed by atoms with Crippen molar-refractivity contribution < 1.29 is 0 Å². The molecular formula is C46H29N. The Morgan fingerprint density at radius 1 is 0.298 bits per heavy atom. The van der Waals surface area contributed by atoms with Gasteiger partial charge >= 0.3 is 0 Å². The van der Waals surface area contributed by atoms with E-state index in [2.05, 4.69) is 181 Å². The number of anilines is 3. The van der Waals surface area contributed by atoms with Crippen LogP contribution in [0.15, 0.2) is 176 Å². The predicted octanol–water partition coefficient (Wildman–Crippen LogP) is 12.9. The topological polar surface area (TPSA) is 3.24 Å². The number of hydrogen-bond donors (Lipinski definition) is 0. The van der Waals surface area contributed by atoms with Crippen LogP contribution in [0.4, 0.5) is 17.1 Å². The van der Waals surface area contributed by atoms with Crippen molar-refractivity contribution >= 4 is 27.8 Å². The van der Waals surface area contributed by atoms with Crippen molar-refractivity contribution in [1.29, 1.82) is 0 Å². The molecule has 2 aliphatic rings. The Morgan fingerprint density at radius 3 is 1.60 bits per heavy atom. The van der Waals surface area contributed by atoms with Gasteiger partial charge in [0.05, 0.1) is 11.4 Å². The molecule has 0 aromatic heterocycles. The van der Waals surface area contributed by atoms with Gasteiger partial charge in [0.1, 0.15) is 0 Å². The lowest BCUT2D eigenvalue weighted by Gasteiger charge is -2.30. The third-order valence-corrected chi connectivity index (χ3v) is 9.96. The maximum absolute atomic E-state index is 2.47. The van der Waals surface area contributed by atoms with E-state index in [-0.39, 0.29) is 0 Å². The summed E-state index contributed by atoms with van der Waals surface area (Å²) < 4.78 is 0. The molecule has 0 atom stereocenters. The average molecular weight is 596 g/mol. The monoisotopic (exact) mass is 595 g/mol. The summed E-state index contributed by atoms with van der Waals surface area (Å²) in [7, 11) is 0. The molecule has 0 aliphatic heterocycles. The highest BCUT2D eigenvalue weighted by atomic mass is 15.1. The average Bonchev–Trinajstić information content (AvgIpc) is 3.25. The zero-order chi connectivity index (χ0) is 30.9. The first-order valence-corrected chi connectivity index (χ1v) is 16.3. The molecule has 0 saturated heterocycles. The van der Waals surface area contributed by atoms with Crippen molar-refractivity contribution in [2.24, 2.45) is 0 Å². The number of nitrogens with zero attached hydrogens (tertiary/aromatic N) is 1. The van der Waals surface area contributed by atoms with Gasteiger partial charge in [-0.25, -0.2) is 0 Å². The minimum Gasteiger partial charge on any atom is -0.309 e. The fourth-order valence-corrected chi connectivity index (χ4v) is 7.97. The van der Waals surface area contributed by atoms with Gasteiger partial charge in [0.25, 0.3) is 0 Å². The lowest BCUT2D eigenvalue weighted by Crippen LogP contribution is -2.12. The van der Waals surface area contributed by atoms with E-state index in [4.69, 9.17) is 0 Å². The first-order chi connectivity index (χ1) is 23.3. The molecule has 8 aromatic carbocycles. The van der Waals surface area contributed by atoms with Gasteiger partial charge < -0.3 is 4.90 Å². The van der Waals surface area contributed by atoms with Crippen LogP contribution in [-0.4, -0.2) is 0 Å². The van der Waals surface area contributed by atoms with Crippen molar-refractivity contribution in [1.82, 2.24) is 0 Å². The Balaban J connectivity index is 1.30. The number of fused-ring (bicyclic) bond motifs is 5. The fraction of sp³-hybridized carbons (Fsp3) is 0. The molecule has 0 spiro atoms. The summed E-state index contributed by atoms with van der Waals surface area (Å²) in [6, 6.07) is 64.6. The first-order valence-electron chi connectivity index (χ1n) is 16.3. The normalized spacial score (nSPS) is 11.8. The Bertz CT molecular complexity index is 2500. The second-order valence-electron chi connectivity index (χ2n) is 12.4. The van der Waals surface area contributed by atoms with Gasteiger partial charge in [0.2, 0.25) is 0 Å². The lowest BCUT2D eigenvalue weighted by molar-refractivity contribution is 1.30. The van der Waals surface area contributed by atoms with Crippen molar-refractivity contribution in [3.8, 4) is 66.8 Å². The van der Waals surface area contributed by atoms with E-state index in [9.17, 15) is 0 Å². The minimum atomic E-state index is 1.13. The van der Waals surface area contributed by atoms with Crippen LogP contribution in [0.1, 0.15) is 0 Å². The third-order valence-electron chi connectivity index (χ3n) is 9.96. The largest absolute Gasteiger partial charge is 0.309 e. The van der Waals surface area contributed by atoms with Crippen LogP contribution in [0, 0.1) is 0 Å². The second kappa shape index (κ2) is 10.2. The summed E-state index contributed by atoms with van der Waals surface area (Å²) >= 11 is 0. The summed E-state index contributed by atoms with van der Waals surface area (Å²) in [5, 5.41) is 2.44. The molecule has 0 fully saturated rings. The quantitative estimate of drug-likeness (QED) is 0.196. The molecule has 0 saturated carbocycles. The fourth-order valence-electron chi connectivity index (χ4n) is 7.97. The Kier molecular flexibility index (Phi) is 5.64. The zero-order valence-electron chi connectivity index (χ0n) is 25.7. The molecule has 2 aliphatic carbocycles. The van der Waals surface area contributed by atoms with Crippen LogP contribution in [0.3, 0.4) is 0 Å². The summed E-state index contributed by atoms with van der Waals surface area (Å²) in [5.41, 5.74) is 18.8. The minimum absolute atomic E-state index is 1.13. The summed E-state index contributed by atoms with van der Waals surface area (Å²) in [4.78, 5) is 2.47. The molecule has 0 unspecified atom stereocenters. The van der Waals surface area contributed by atoms with E-state index in [0.29, 0.717) is 0 Å². The highest BCUT2D eigenvalue weighted by Gasteiger charge is 2.31. The van der Waals surface area contributed by atoms with Crippen molar-refractivity contribution in [3.05, 3.63) is 176 Å². The van der Waals surface area contributed by atoms with E-state index < -0.39 is 0 Å². The Morgan fingerprint density at radius 2 is 0.809 bits per heavy atom. The second-order valence-corrected chi connectivity index (χ2v) is 12.4. The Labute approximate surface area is 274 Å². The van der Waals surface area contributed by atoms with Gasteiger partial charge in [0.15, 0.2) is 0 Å². The standard InChI is InChI=1S/C46H29N/c1-2-13-30(14-3-1)33-18-8-9-25-43(33)47(44-26-10-16-31-15-4-5-17-34(31)44)32-27-28-36-39-22-12-23-40-41-24-11-21-38(46(41)42(36)29-32)35-19-6-7-20-37(35)45(39)40/h1-29H. The van der Waals surface area contributed by atoms with Gasteiger partial charge in [-0.3, -0.25) is 0 Å². The number of benzene rings is 8. The number of rotatable bonds is 4. The molecule has 10 rings (SSSR count). The van der Waals surface area contributed by atoms with Crippen LogP contribution < -0.4 is 4.90 Å². The number of para-hydroxylation sites is 1. The van der Waals surface area contributed by atoms with Gasteiger partial charge in [-0.2, -0.15) is 0 Å². The maximum Gasteiger partial charge on any atom is 0.0540 e. The first kappa shape index (κ1) is 26.1. The molecule has 1 nitrogen and oxygen atoms in total. The molecular weight excluding hydrogens is 567 g/mol. The van der Waals surface area contributed by atoms with Gasteiger partial charge in [-0.1, -0.05) is 152 Å². The molecule has 218 valence electrons. The zero-order valence-corrected chi connectivity index (χ0v) is 25.7. The molecule has 8 aromatic rings. The predicted molar refractivity (Wildman–Crippen MR) is 198 cm³/mol. The lowest BCUT2D eigenvalue weighted by atomic mass is 9.83. The van der Waals surface area contributed by atoms with Gasteiger partial charge in [-0.15, -0.1) is 0 Å². The van der Waals surface area contributed by atoms with Crippen LogP contribution in [-0.2, 0) is 0 Å². The maximum atomic E-state index is 2.47. The Hall–Kier alpha value is -6.18. The molecule has 47 heavy (non-hydrogen) atoms. The highest BCUT2D eigenvalue weighted by Crippen LogP contribution is 2.58. The highest BCUT2D eigenvalue weighted by molar-refractivity contribution is 6.15. The van der Waals surface area contributed by atoms with E-state index in [0.717, 1.165) is 17.1 Å². The van der Waals surface area contributed by atoms with Crippen molar-refractivity contribution in [2.75, 3.05) is 4.90 Å². The summed E-state index contributed by atoms with van der Waals surface area (Å²) in [6.45, 7) is 0. The van der Waals surface area contributed by atoms with Gasteiger partial charge in [-0.05, 0) is 90.8 Å². The third kappa shape index (κ3) is 3.84.